The molecular formula is C13H36. The summed E-state index contributed by atoms with van der Waals surface area (Å²) in [5.74, 6) is 0. The van der Waals surface area contributed by atoms with E-state index in [0.717, 1.165) is 0 Å². The van der Waals surface area contributed by atoms with Crippen LogP contribution in [0.5, 0.6) is 0 Å². The van der Waals surface area contributed by atoms with Crippen molar-refractivity contribution < 1.29 is 0 Å². The van der Waals surface area contributed by atoms with Crippen molar-refractivity contribution >= 4 is 0 Å². The Morgan fingerprint density at radius 3 is 0.308 bits per heavy atom. The second kappa shape index (κ2) is 22.7. The highest BCUT2D eigenvalue weighted by Crippen LogP contribution is 2.15. The summed E-state index contributed by atoms with van der Waals surface area (Å²) in [6.07, 6.45) is 12.0. The molecule has 0 nitrogen and oxygen atoms in total. The fraction of sp³-hybridized carbons (Fsp3) is 1.00. The zero-order valence-electron chi connectivity index (χ0n) is 5.66. The van der Waals surface area contributed by atoms with Crippen LogP contribution in [0.2, 0.25) is 0 Å². The summed E-state index contributed by atoms with van der Waals surface area (Å²) < 4.78 is 0. The SMILES string of the molecule is C.C.C.C.C.C1CCC1.C1CCC1. The third kappa shape index (κ3) is 18.8. The van der Waals surface area contributed by atoms with E-state index in [4.69, 9.17) is 0 Å². The summed E-state index contributed by atoms with van der Waals surface area (Å²) in [6.45, 7) is 0. The Hall–Kier alpha value is 0. The molecule has 0 heteroatoms. The Balaban J connectivity index is -0.0000000237. The van der Waals surface area contributed by atoms with Crippen LogP contribution in [0.25, 0.3) is 0 Å². The van der Waals surface area contributed by atoms with Crippen molar-refractivity contribution in [2.24, 2.45) is 0 Å². The van der Waals surface area contributed by atoms with E-state index in [2.05, 4.69) is 0 Å². The molecule has 0 N–H and O–H groups in total. The molecule has 0 aromatic carbocycles. The molecule has 0 unspecified atom stereocenters. The van der Waals surface area contributed by atoms with Crippen LogP contribution in [0.3, 0.4) is 0 Å². The van der Waals surface area contributed by atoms with Gasteiger partial charge in [-0.3, -0.25) is 0 Å². The molecule has 2 aliphatic carbocycles. The number of rotatable bonds is 0. The van der Waals surface area contributed by atoms with Gasteiger partial charge in [0.15, 0.2) is 0 Å². The molecule has 2 rings (SSSR count). The lowest BCUT2D eigenvalue weighted by atomic mass is 10.0. The summed E-state index contributed by atoms with van der Waals surface area (Å²) >= 11 is 0. The molecule has 2 fully saturated rings. The van der Waals surface area contributed by atoms with Gasteiger partial charge in [0.1, 0.15) is 0 Å². The van der Waals surface area contributed by atoms with Crippen LogP contribution in [0.4, 0.5) is 0 Å². The van der Waals surface area contributed by atoms with Gasteiger partial charge in [-0.2, -0.15) is 0 Å². The van der Waals surface area contributed by atoms with E-state index in [-0.39, 0.29) is 37.1 Å². The largest absolute Gasteiger partial charge is 0.0776 e. The Kier molecular flexibility index (Phi) is 51.0. The summed E-state index contributed by atoms with van der Waals surface area (Å²) in [4.78, 5) is 0. The third-order valence-electron chi connectivity index (χ3n) is 2.00. The van der Waals surface area contributed by atoms with Gasteiger partial charge in [-0.25, -0.2) is 0 Å². The van der Waals surface area contributed by atoms with Gasteiger partial charge in [0.25, 0.3) is 0 Å². The predicted molar refractivity (Wildman–Crippen MR) is 70.6 cm³/mol. The predicted octanol–water partition coefficient (Wildman–Crippen LogP) is 6.30. The first-order chi connectivity index (χ1) is 4.00. The fourth-order valence-electron chi connectivity index (χ4n) is 0.500. The maximum Gasteiger partial charge on any atom is -0.0533 e. The lowest BCUT2D eigenvalue weighted by molar-refractivity contribution is 0.504. The van der Waals surface area contributed by atoms with Crippen molar-refractivity contribution in [1.29, 1.82) is 0 Å². The molecule has 0 aromatic heterocycles. The van der Waals surface area contributed by atoms with Crippen molar-refractivity contribution in [2.75, 3.05) is 0 Å². The van der Waals surface area contributed by atoms with Crippen LogP contribution in [0.15, 0.2) is 0 Å². The van der Waals surface area contributed by atoms with E-state index < -0.39 is 0 Å². The van der Waals surface area contributed by atoms with Gasteiger partial charge in [0.2, 0.25) is 0 Å². The van der Waals surface area contributed by atoms with Gasteiger partial charge in [-0.1, -0.05) is 88.5 Å². The second-order valence-corrected chi connectivity index (χ2v) is 2.83. The van der Waals surface area contributed by atoms with Crippen molar-refractivity contribution in [3.63, 3.8) is 0 Å². The highest BCUT2D eigenvalue weighted by Gasteiger charge is 1.95. The maximum absolute atomic E-state index is 1.50. The van der Waals surface area contributed by atoms with E-state index in [9.17, 15) is 0 Å². The van der Waals surface area contributed by atoms with Crippen LogP contribution in [-0.2, 0) is 0 Å². The minimum Gasteiger partial charge on any atom is -0.0776 e. The van der Waals surface area contributed by atoms with Crippen molar-refractivity contribution in [3.8, 4) is 0 Å². The van der Waals surface area contributed by atoms with Gasteiger partial charge >= 0.3 is 0 Å². The zero-order valence-corrected chi connectivity index (χ0v) is 5.66. The Morgan fingerprint density at radius 1 is 0.231 bits per heavy atom. The van der Waals surface area contributed by atoms with Crippen molar-refractivity contribution in [3.05, 3.63) is 0 Å². The lowest BCUT2D eigenvalue weighted by Gasteiger charge is -2.05. The molecule has 13 heavy (non-hydrogen) atoms. The fourth-order valence-corrected chi connectivity index (χ4v) is 0.500. The molecule has 2 saturated carbocycles. The zero-order chi connectivity index (χ0) is 5.66. The standard InChI is InChI=1S/2C4H8.5CH4/c2*1-2-4-3-1;;;;;/h2*1-4H2;5*1H4. The van der Waals surface area contributed by atoms with Gasteiger partial charge in [-0.15, -0.1) is 0 Å². The van der Waals surface area contributed by atoms with Crippen molar-refractivity contribution in [2.45, 2.75) is 88.5 Å². The van der Waals surface area contributed by atoms with Crippen LogP contribution in [0, 0.1) is 0 Å². The van der Waals surface area contributed by atoms with E-state index in [1.807, 2.05) is 0 Å². The molecule has 0 heterocycles. The molecule has 0 bridgehead atoms. The summed E-state index contributed by atoms with van der Waals surface area (Å²) in [5, 5.41) is 0. The average molecular weight is 192 g/mol. The molecule has 0 aliphatic heterocycles. The summed E-state index contributed by atoms with van der Waals surface area (Å²) in [7, 11) is 0. The van der Waals surface area contributed by atoms with Gasteiger partial charge in [-0.05, 0) is 0 Å². The normalized spacial score (nSPS) is 14.8. The van der Waals surface area contributed by atoms with Crippen LogP contribution in [-0.4, -0.2) is 0 Å². The van der Waals surface area contributed by atoms with Gasteiger partial charge in [0.05, 0.1) is 0 Å². The first-order valence-electron chi connectivity index (χ1n) is 4.00. The average Bonchev–Trinajstić information content (AvgIpc) is 1.12. The molecule has 0 saturated heterocycles. The molecule has 0 spiro atoms. The summed E-state index contributed by atoms with van der Waals surface area (Å²) in [5.41, 5.74) is 0. The highest BCUT2D eigenvalue weighted by atomic mass is 14.0. The smallest absolute Gasteiger partial charge is 0.0533 e. The van der Waals surface area contributed by atoms with Gasteiger partial charge < -0.3 is 0 Å². The second-order valence-electron chi connectivity index (χ2n) is 2.83. The van der Waals surface area contributed by atoms with E-state index in [1.165, 1.54) is 51.4 Å². The van der Waals surface area contributed by atoms with Crippen LogP contribution >= 0.6 is 0 Å². The molecule has 88 valence electrons. The van der Waals surface area contributed by atoms with Crippen molar-refractivity contribution in [1.82, 2.24) is 0 Å². The maximum atomic E-state index is 1.50. The van der Waals surface area contributed by atoms with E-state index in [1.54, 1.807) is 0 Å². The van der Waals surface area contributed by atoms with Gasteiger partial charge in [0, 0.05) is 0 Å². The van der Waals surface area contributed by atoms with E-state index >= 15 is 0 Å². The summed E-state index contributed by atoms with van der Waals surface area (Å²) in [6, 6.07) is 0. The Bertz CT molecular complexity index is 24.0. The highest BCUT2D eigenvalue weighted by molar-refractivity contribution is 4.51. The number of hydrogen-bond donors (Lipinski definition) is 0. The van der Waals surface area contributed by atoms with E-state index in [0.29, 0.717) is 0 Å². The molecule has 0 aromatic rings. The molecule has 0 radical (unpaired) electrons. The van der Waals surface area contributed by atoms with Crippen LogP contribution in [0.1, 0.15) is 88.5 Å². The monoisotopic (exact) mass is 192 g/mol. The quantitative estimate of drug-likeness (QED) is 0.422. The topological polar surface area (TPSA) is 0 Å². The molecule has 2 aliphatic rings. The third-order valence-corrected chi connectivity index (χ3v) is 2.00. The molecular weight excluding hydrogens is 156 g/mol. The molecule has 0 atom stereocenters. The Labute approximate surface area is 89.1 Å². The minimum atomic E-state index is 0. The lowest BCUT2D eigenvalue weighted by Crippen LogP contribution is -1.85. The minimum absolute atomic E-state index is 0. The Morgan fingerprint density at radius 2 is 0.308 bits per heavy atom. The number of hydrogen-bond acceptors (Lipinski definition) is 0. The van der Waals surface area contributed by atoms with Crippen LogP contribution < -0.4 is 0 Å². The molecule has 0 amide bonds. The first-order valence-corrected chi connectivity index (χ1v) is 4.00. The first kappa shape index (κ1) is 29.2.